The van der Waals surface area contributed by atoms with Crippen molar-refractivity contribution in [3.8, 4) is 0 Å². The molecule has 3 amide bonds. The number of fused-ring (bicyclic) bond motifs is 2. The Kier molecular flexibility index (Phi) is 7.38. The zero-order chi connectivity index (χ0) is 27.2. The van der Waals surface area contributed by atoms with Crippen molar-refractivity contribution in [2.45, 2.75) is 90.5 Å². The van der Waals surface area contributed by atoms with Crippen molar-refractivity contribution in [3.05, 3.63) is 35.4 Å². The van der Waals surface area contributed by atoms with Gasteiger partial charge in [-0.3, -0.25) is 9.59 Å². The lowest BCUT2D eigenvalue weighted by Crippen LogP contribution is -2.45. The molecule has 1 aromatic rings. The third-order valence-electron chi connectivity index (χ3n) is 8.35. The first-order valence-corrected chi connectivity index (χ1v) is 13.2. The molecule has 2 aliphatic carbocycles. The van der Waals surface area contributed by atoms with Gasteiger partial charge in [-0.25, -0.2) is 4.79 Å². The average molecular weight is 522 g/mol. The fourth-order valence-electron chi connectivity index (χ4n) is 6.98. The zero-order valence-electron chi connectivity index (χ0n) is 22.2. The molecule has 4 rings (SSSR count). The summed E-state index contributed by atoms with van der Waals surface area (Å²) in [4.78, 5) is 40.9. The van der Waals surface area contributed by atoms with Crippen LogP contribution in [0.5, 0.6) is 0 Å². The Labute approximate surface area is 216 Å². The lowest BCUT2D eigenvalue weighted by molar-refractivity contribution is -0.176. The number of alkyl halides is 3. The van der Waals surface area contributed by atoms with Crippen LogP contribution < -0.4 is 5.32 Å². The number of likely N-dealkylation sites (tertiary alicyclic amines) is 1. The van der Waals surface area contributed by atoms with E-state index < -0.39 is 17.9 Å². The van der Waals surface area contributed by atoms with Crippen molar-refractivity contribution >= 4 is 17.7 Å². The Bertz CT molecular complexity index is 1030. The summed E-state index contributed by atoms with van der Waals surface area (Å²) in [5, 5.41) is 2.87. The highest BCUT2D eigenvalue weighted by Gasteiger charge is 2.51. The number of ketones is 1. The van der Waals surface area contributed by atoms with Gasteiger partial charge in [-0.2, -0.15) is 13.2 Å². The van der Waals surface area contributed by atoms with Crippen LogP contribution in [0.2, 0.25) is 0 Å². The number of nitrogens with zero attached hydrogens (tertiary/aromatic N) is 2. The maximum Gasteiger partial charge on any atom is 0.450 e. The molecule has 1 saturated heterocycles. The Morgan fingerprint density at radius 2 is 1.65 bits per heavy atom. The number of hydrogen-bond acceptors (Lipinski definition) is 3. The number of benzene rings is 1. The zero-order valence-corrected chi connectivity index (χ0v) is 22.2. The number of carbonyl (C=O) groups excluding carboxylic acids is 3. The molecular formula is C28H38F3N3O3. The van der Waals surface area contributed by atoms with Crippen LogP contribution in [0, 0.1) is 16.7 Å². The smallest absolute Gasteiger partial charge is 0.335 e. The number of carbonyl (C=O) groups is 3. The van der Waals surface area contributed by atoms with Crippen molar-refractivity contribution in [2.24, 2.45) is 16.7 Å². The highest BCUT2D eigenvalue weighted by atomic mass is 19.4. The van der Waals surface area contributed by atoms with E-state index in [4.69, 9.17) is 0 Å². The third kappa shape index (κ3) is 6.29. The summed E-state index contributed by atoms with van der Waals surface area (Å²) in [6, 6.07) is 7.07. The standard InChI is InChI=1S/C28H38F3N3O3/c1-26(2)13-22-14-27(3,16-26)17-34(22)24(36)20-7-5-18(6-8-20)15-33(4)25(37)32-21-11-9-19(10-12-21)23(35)28(29,30)31/h5-8,19,21-22H,9-17H2,1-4H3,(H,32,37). The maximum absolute atomic E-state index is 13.3. The van der Waals surface area contributed by atoms with Gasteiger partial charge in [-0.1, -0.05) is 32.9 Å². The first-order chi connectivity index (χ1) is 17.2. The van der Waals surface area contributed by atoms with E-state index in [1.165, 1.54) is 4.90 Å². The van der Waals surface area contributed by atoms with Crippen LogP contribution in [0.15, 0.2) is 24.3 Å². The first-order valence-electron chi connectivity index (χ1n) is 13.2. The van der Waals surface area contributed by atoms with E-state index in [2.05, 4.69) is 26.1 Å². The van der Waals surface area contributed by atoms with Crippen LogP contribution in [0.25, 0.3) is 0 Å². The highest BCUT2D eigenvalue weighted by molar-refractivity contribution is 5.94. The topological polar surface area (TPSA) is 69.7 Å². The van der Waals surface area contributed by atoms with E-state index >= 15 is 0 Å². The van der Waals surface area contributed by atoms with Gasteiger partial charge in [-0.05, 0) is 73.5 Å². The minimum absolute atomic E-state index is 0.0590. The van der Waals surface area contributed by atoms with E-state index in [-0.39, 0.29) is 47.7 Å². The second-order valence-corrected chi connectivity index (χ2v) is 12.6. The molecule has 1 aliphatic heterocycles. The van der Waals surface area contributed by atoms with Gasteiger partial charge >= 0.3 is 12.2 Å². The van der Waals surface area contributed by atoms with Crippen LogP contribution in [-0.2, 0) is 11.3 Å². The van der Waals surface area contributed by atoms with Gasteiger partial charge in [0.1, 0.15) is 0 Å². The van der Waals surface area contributed by atoms with E-state index in [0.717, 1.165) is 31.4 Å². The number of hydrogen-bond donors (Lipinski definition) is 1. The SMILES string of the molecule is CN(Cc1ccc(C(=O)N2CC3(C)CC2CC(C)(C)C3)cc1)C(=O)NC1CCC(C(=O)C(F)(F)F)CC1. The Morgan fingerprint density at radius 3 is 2.24 bits per heavy atom. The lowest BCUT2D eigenvalue weighted by atomic mass is 9.65. The van der Waals surface area contributed by atoms with Crippen LogP contribution in [0.3, 0.4) is 0 Å². The van der Waals surface area contributed by atoms with Crippen LogP contribution in [0.4, 0.5) is 18.0 Å². The van der Waals surface area contributed by atoms with E-state index in [0.29, 0.717) is 24.9 Å². The Balaban J connectivity index is 1.27. The van der Waals surface area contributed by atoms with E-state index in [1.807, 2.05) is 29.2 Å². The fraction of sp³-hybridized carbons (Fsp3) is 0.679. The van der Waals surface area contributed by atoms with Gasteiger partial charge in [0.05, 0.1) is 0 Å². The molecule has 6 nitrogen and oxygen atoms in total. The molecule has 3 fully saturated rings. The van der Waals surface area contributed by atoms with Gasteiger partial charge in [0.2, 0.25) is 5.78 Å². The molecule has 9 heteroatoms. The molecule has 2 unspecified atom stereocenters. The molecule has 2 saturated carbocycles. The molecular weight excluding hydrogens is 483 g/mol. The molecule has 0 radical (unpaired) electrons. The van der Waals surface area contributed by atoms with E-state index in [9.17, 15) is 27.6 Å². The predicted molar refractivity (Wildman–Crippen MR) is 134 cm³/mol. The number of nitrogens with one attached hydrogen (secondary N) is 1. The second kappa shape index (κ2) is 9.95. The number of urea groups is 1. The minimum atomic E-state index is -4.80. The minimum Gasteiger partial charge on any atom is -0.335 e. The number of halogens is 3. The normalized spacial score (nSPS) is 29.1. The quantitative estimate of drug-likeness (QED) is 0.552. The molecule has 1 aromatic carbocycles. The monoisotopic (exact) mass is 521 g/mol. The second-order valence-electron chi connectivity index (χ2n) is 12.6. The van der Waals surface area contributed by atoms with Gasteiger partial charge in [0, 0.05) is 43.7 Å². The molecule has 1 N–H and O–H groups in total. The summed E-state index contributed by atoms with van der Waals surface area (Å²) in [6.07, 6.45) is -0.668. The number of amides is 3. The molecule has 3 aliphatic rings. The van der Waals surface area contributed by atoms with Gasteiger partial charge in [0.15, 0.2) is 0 Å². The summed E-state index contributed by atoms with van der Waals surface area (Å²) in [5.41, 5.74) is 1.93. The van der Waals surface area contributed by atoms with Gasteiger partial charge < -0.3 is 15.1 Å². The Morgan fingerprint density at radius 1 is 1.03 bits per heavy atom. The summed E-state index contributed by atoms with van der Waals surface area (Å²) in [5.74, 6) is -2.62. The summed E-state index contributed by atoms with van der Waals surface area (Å²) < 4.78 is 37.9. The molecule has 37 heavy (non-hydrogen) atoms. The predicted octanol–water partition coefficient (Wildman–Crippen LogP) is 5.56. The molecule has 204 valence electrons. The highest BCUT2D eigenvalue weighted by Crippen LogP contribution is 2.52. The Hall–Kier alpha value is -2.58. The fourth-order valence-corrected chi connectivity index (χ4v) is 6.98. The number of Topliss-reactive ketones (excluding diaryl/α,β-unsaturated/α-hetero) is 1. The van der Waals surface area contributed by atoms with E-state index in [1.54, 1.807) is 7.05 Å². The van der Waals surface area contributed by atoms with Gasteiger partial charge in [-0.15, -0.1) is 0 Å². The van der Waals surface area contributed by atoms with Gasteiger partial charge in [0.25, 0.3) is 5.91 Å². The molecule has 2 bridgehead atoms. The first kappa shape index (κ1) is 27.5. The summed E-state index contributed by atoms with van der Waals surface area (Å²) in [6.45, 7) is 7.98. The van der Waals surface area contributed by atoms with Crippen LogP contribution in [-0.4, -0.2) is 59.4 Å². The summed E-state index contributed by atoms with van der Waals surface area (Å²) >= 11 is 0. The largest absolute Gasteiger partial charge is 0.450 e. The van der Waals surface area contributed by atoms with Crippen LogP contribution >= 0.6 is 0 Å². The van der Waals surface area contributed by atoms with Crippen molar-refractivity contribution in [2.75, 3.05) is 13.6 Å². The molecule has 1 heterocycles. The number of rotatable bonds is 5. The van der Waals surface area contributed by atoms with Crippen molar-refractivity contribution in [3.63, 3.8) is 0 Å². The lowest BCUT2D eigenvalue weighted by Gasteiger charge is -2.39. The summed E-state index contributed by atoms with van der Waals surface area (Å²) in [7, 11) is 1.65. The molecule has 0 aromatic heterocycles. The average Bonchev–Trinajstić information content (AvgIpc) is 3.06. The van der Waals surface area contributed by atoms with Crippen molar-refractivity contribution in [1.29, 1.82) is 0 Å². The van der Waals surface area contributed by atoms with Crippen molar-refractivity contribution < 1.29 is 27.6 Å². The molecule has 0 spiro atoms. The molecule has 2 atom stereocenters. The van der Waals surface area contributed by atoms with Crippen molar-refractivity contribution in [1.82, 2.24) is 15.1 Å². The van der Waals surface area contributed by atoms with Crippen LogP contribution in [0.1, 0.15) is 81.6 Å². The maximum atomic E-state index is 13.3. The third-order valence-corrected chi connectivity index (χ3v) is 8.35.